The number of benzene rings is 2. The molecule has 0 aliphatic carbocycles. The molecule has 11 heteroatoms. The van der Waals surface area contributed by atoms with Gasteiger partial charge in [-0.05, 0) is 36.8 Å². The Hall–Kier alpha value is -3.05. The highest BCUT2D eigenvalue weighted by Gasteiger charge is 2.32. The van der Waals surface area contributed by atoms with Gasteiger partial charge in [0.2, 0.25) is 10.0 Å². The van der Waals surface area contributed by atoms with Crippen molar-refractivity contribution >= 4 is 21.6 Å². The molecule has 2 aromatic rings. The second kappa shape index (κ2) is 8.36. The van der Waals surface area contributed by atoms with E-state index in [2.05, 4.69) is 0 Å². The van der Waals surface area contributed by atoms with Crippen molar-refractivity contribution in [3.05, 3.63) is 63.5 Å². The summed E-state index contributed by atoms with van der Waals surface area (Å²) < 4.78 is 45.4. The van der Waals surface area contributed by atoms with Crippen molar-refractivity contribution in [3.8, 4) is 5.75 Å². The molecule has 0 bridgehead atoms. The van der Waals surface area contributed by atoms with Gasteiger partial charge in [-0.3, -0.25) is 14.9 Å². The third kappa shape index (κ3) is 4.12. The van der Waals surface area contributed by atoms with Gasteiger partial charge in [0, 0.05) is 37.8 Å². The minimum atomic E-state index is -4.00. The molecular weight excluding hydrogens is 417 g/mol. The van der Waals surface area contributed by atoms with Crippen LogP contribution in [0.3, 0.4) is 0 Å². The second-order valence-corrected chi connectivity index (χ2v) is 8.68. The number of nitro groups is 1. The number of methoxy groups -OCH3 is 1. The number of nitrogens with zero attached hydrogens (tertiary/aromatic N) is 3. The first kappa shape index (κ1) is 21.7. The zero-order chi connectivity index (χ0) is 22.1. The summed E-state index contributed by atoms with van der Waals surface area (Å²) in [5.74, 6) is -0.935. The maximum absolute atomic E-state index is 13.5. The second-order valence-electron chi connectivity index (χ2n) is 6.75. The molecule has 1 heterocycles. The normalized spacial score (nSPS) is 15.1. The highest BCUT2D eigenvalue weighted by atomic mass is 32.2. The molecule has 0 radical (unpaired) electrons. The molecule has 1 saturated heterocycles. The number of ether oxygens (including phenoxy) is 1. The summed E-state index contributed by atoms with van der Waals surface area (Å²) >= 11 is 0. The van der Waals surface area contributed by atoms with E-state index >= 15 is 0 Å². The number of piperazine rings is 1. The van der Waals surface area contributed by atoms with Crippen LogP contribution >= 0.6 is 0 Å². The molecule has 1 aliphatic rings. The molecule has 0 unspecified atom stereocenters. The zero-order valence-electron chi connectivity index (χ0n) is 16.4. The van der Waals surface area contributed by atoms with Gasteiger partial charge in [0.05, 0.1) is 16.9 Å². The fourth-order valence-electron chi connectivity index (χ4n) is 3.25. The van der Waals surface area contributed by atoms with Crippen LogP contribution in [0.25, 0.3) is 0 Å². The Morgan fingerprint density at radius 2 is 1.80 bits per heavy atom. The van der Waals surface area contributed by atoms with Crippen molar-refractivity contribution in [2.75, 3.05) is 33.3 Å². The number of carbonyl (C=O) groups excluding carboxylic acids is 1. The van der Waals surface area contributed by atoms with Crippen LogP contribution in [0, 0.1) is 22.9 Å². The Bertz CT molecular complexity index is 1100. The van der Waals surface area contributed by atoms with Crippen LogP contribution in [0.15, 0.2) is 41.3 Å². The van der Waals surface area contributed by atoms with Crippen molar-refractivity contribution in [1.29, 1.82) is 0 Å². The fourth-order valence-corrected chi connectivity index (χ4v) is 4.69. The smallest absolute Gasteiger partial charge is 0.312 e. The number of amides is 1. The summed E-state index contributed by atoms with van der Waals surface area (Å²) in [4.78, 5) is 24.4. The first-order valence-corrected chi connectivity index (χ1v) is 10.5. The maximum atomic E-state index is 13.5. The van der Waals surface area contributed by atoms with Crippen LogP contribution in [-0.2, 0) is 10.0 Å². The molecule has 1 aliphatic heterocycles. The van der Waals surface area contributed by atoms with Gasteiger partial charge in [-0.15, -0.1) is 0 Å². The van der Waals surface area contributed by atoms with E-state index in [1.165, 1.54) is 40.6 Å². The molecule has 0 atom stereocenters. The fraction of sp³-hybridized carbons (Fsp3) is 0.316. The SMILES string of the molecule is COc1ccc(S(=O)(=O)N2CCN(C(=O)c3cc(F)ccc3C)CC2)cc1[N+](=O)[O-]. The summed E-state index contributed by atoms with van der Waals surface area (Å²) in [5.41, 5.74) is 0.410. The number of aryl methyl sites for hydroxylation is 1. The van der Waals surface area contributed by atoms with Crippen LogP contribution in [0.1, 0.15) is 15.9 Å². The lowest BCUT2D eigenvalue weighted by Gasteiger charge is -2.34. The monoisotopic (exact) mass is 437 g/mol. The maximum Gasteiger partial charge on any atom is 0.312 e. The van der Waals surface area contributed by atoms with E-state index in [1.54, 1.807) is 6.92 Å². The Morgan fingerprint density at radius 1 is 1.13 bits per heavy atom. The Labute approximate surface area is 172 Å². The van der Waals surface area contributed by atoms with Gasteiger partial charge in [-0.1, -0.05) is 6.07 Å². The van der Waals surface area contributed by atoms with E-state index in [-0.39, 0.29) is 48.3 Å². The largest absolute Gasteiger partial charge is 0.490 e. The molecule has 3 rings (SSSR count). The number of hydrogen-bond acceptors (Lipinski definition) is 6. The summed E-state index contributed by atoms with van der Waals surface area (Å²) in [6.45, 7) is 1.97. The first-order chi connectivity index (χ1) is 14.1. The minimum Gasteiger partial charge on any atom is -0.490 e. The highest BCUT2D eigenvalue weighted by molar-refractivity contribution is 7.89. The summed E-state index contributed by atoms with van der Waals surface area (Å²) in [6.07, 6.45) is 0. The van der Waals surface area contributed by atoms with Gasteiger partial charge >= 0.3 is 5.69 Å². The lowest BCUT2D eigenvalue weighted by atomic mass is 10.1. The lowest BCUT2D eigenvalue weighted by molar-refractivity contribution is -0.386. The van der Waals surface area contributed by atoms with Gasteiger partial charge in [0.25, 0.3) is 5.91 Å². The van der Waals surface area contributed by atoms with E-state index < -0.39 is 26.5 Å². The third-order valence-electron chi connectivity index (χ3n) is 4.94. The number of carbonyl (C=O) groups is 1. The number of halogens is 1. The van der Waals surface area contributed by atoms with Crippen LogP contribution in [-0.4, -0.2) is 61.7 Å². The molecule has 0 saturated carbocycles. The van der Waals surface area contributed by atoms with Crippen molar-refractivity contribution in [3.63, 3.8) is 0 Å². The van der Waals surface area contributed by atoms with Crippen molar-refractivity contribution in [2.24, 2.45) is 0 Å². The average Bonchev–Trinajstić information content (AvgIpc) is 2.74. The van der Waals surface area contributed by atoms with Gasteiger partial charge in [-0.2, -0.15) is 4.31 Å². The van der Waals surface area contributed by atoms with Gasteiger partial charge in [-0.25, -0.2) is 12.8 Å². The summed E-state index contributed by atoms with van der Waals surface area (Å²) in [7, 11) is -2.74. The number of rotatable bonds is 5. The van der Waals surface area contributed by atoms with Gasteiger partial charge in [0.15, 0.2) is 5.75 Å². The number of nitro benzene ring substituents is 1. The van der Waals surface area contributed by atoms with Crippen LogP contribution in [0.2, 0.25) is 0 Å². The molecule has 2 aromatic carbocycles. The molecule has 0 spiro atoms. The molecule has 160 valence electrons. The van der Waals surface area contributed by atoms with Crippen molar-refractivity contribution in [1.82, 2.24) is 9.21 Å². The molecule has 1 amide bonds. The summed E-state index contributed by atoms with van der Waals surface area (Å²) in [6, 6.07) is 7.38. The van der Waals surface area contributed by atoms with E-state index in [0.29, 0.717) is 5.56 Å². The van der Waals surface area contributed by atoms with E-state index in [1.807, 2.05) is 0 Å². The van der Waals surface area contributed by atoms with Crippen LogP contribution in [0.4, 0.5) is 10.1 Å². The summed E-state index contributed by atoms with van der Waals surface area (Å²) in [5, 5.41) is 11.2. The van der Waals surface area contributed by atoms with E-state index in [9.17, 15) is 27.7 Å². The van der Waals surface area contributed by atoms with Crippen molar-refractivity contribution < 1.29 is 27.3 Å². The van der Waals surface area contributed by atoms with Crippen molar-refractivity contribution in [2.45, 2.75) is 11.8 Å². The standard InChI is InChI=1S/C19H20FN3O6S/c1-13-3-4-14(20)11-16(13)19(24)21-7-9-22(10-8-21)30(27,28)15-5-6-18(29-2)17(12-15)23(25)26/h3-6,11-12H,7-10H2,1-2H3. The Kier molecular flexibility index (Phi) is 6.04. The predicted molar refractivity (Wildman–Crippen MR) is 105 cm³/mol. The lowest BCUT2D eigenvalue weighted by Crippen LogP contribution is -2.50. The third-order valence-corrected chi connectivity index (χ3v) is 6.84. The highest BCUT2D eigenvalue weighted by Crippen LogP contribution is 2.31. The van der Waals surface area contributed by atoms with Crippen LogP contribution in [0.5, 0.6) is 5.75 Å². The topological polar surface area (TPSA) is 110 Å². The molecule has 30 heavy (non-hydrogen) atoms. The first-order valence-electron chi connectivity index (χ1n) is 9.03. The molecule has 9 nitrogen and oxygen atoms in total. The Morgan fingerprint density at radius 3 is 2.40 bits per heavy atom. The van der Waals surface area contributed by atoms with Crippen LogP contribution < -0.4 is 4.74 Å². The van der Waals surface area contributed by atoms with Gasteiger partial charge < -0.3 is 9.64 Å². The zero-order valence-corrected chi connectivity index (χ0v) is 17.2. The quantitative estimate of drug-likeness (QED) is 0.524. The predicted octanol–water partition coefficient (Wildman–Crippen LogP) is 2.20. The number of sulfonamides is 1. The van der Waals surface area contributed by atoms with E-state index in [4.69, 9.17) is 4.74 Å². The molecule has 1 fully saturated rings. The minimum absolute atomic E-state index is 0.0161. The molecule has 0 N–H and O–H groups in total. The van der Waals surface area contributed by atoms with E-state index in [0.717, 1.165) is 12.1 Å². The van der Waals surface area contributed by atoms with Gasteiger partial charge in [0.1, 0.15) is 5.82 Å². The number of hydrogen-bond donors (Lipinski definition) is 0. The average molecular weight is 437 g/mol. The molecule has 0 aromatic heterocycles. The molecular formula is C19H20FN3O6S. The Balaban J connectivity index is 1.77.